The Hall–Kier alpha value is -3.11. The minimum atomic E-state index is -3.05. The molecule has 8 nitrogen and oxygen atoms in total. The number of likely N-dealkylation sites (tertiary alicyclic amines) is 1. The van der Waals surface area contributed by atoms with Crippen molar-refractivity contribution in [3.63, 3.8) is 0 Å². The van der Waals surface area contributed by atoms with Crippen LogP contribution < -0.4 is 4.74 Å². The van der Waals surface area contributed by atoms with Gasteiger partial charge < -0.3 is 9.84 Å². The SMILES string of the molecule is C[S+](=O)(O)c1cccc(-c2cnn3cc(-c4ccc(OC5(CN6CCC(O)CC6)CC5)cc4)cnc23)c1. The molecule has 1 atom stereocenters. The first-order valence-electron chi connectivity index (χ1n) is 12.6. The van der Waals surface area contributed by atoms with E-state index in [1.165, 1.54) is 6.26 Å². The van der Waals surface area contributed by atoms with Gasteiger partial charge in [-0.15, -0.1) is 0 Å². The molecule has 6 rings (SSSR count). The second-order valence-electron chi connectivity index (χ2n) is 10.3. The highest BCUT2D eigenvalue weighted by atomic mass is 32.3. The standard InChI is InChI=1S/C28H30N4O4S/c1-37(34,35)25-4-2-3-21(15-25)26-17-30-32-18-22(16-29-27(26)32)20-5-7-24(8-6-20)36-28(11-12-28)19-31-13-9-23(33)10-14-31/h2-8,15-18,23,33H,9-14,19H2,1H3/p+1. The quantitative estimate of drug-likeness (QED) is 0.349. The number of nitrogens with zero attached hydrogens (tertiary/aromatic N) is 4. The number of fused-ring (bicyclic) bond motifs is 1. The van der Waals surface area contributed by atoms with Gasteiger partial charge in [-0.2, -0.15) is 9.65 Å². The van der Waals surface area contributed by atoms with Gasteiger partial charge in [0.15, 0.2) is 10.5 Å². The van der Waals surface area contributed by atoms with E-state index in [0.29, 0.717) is 10.5 Å². The molecule has 1 saturated heterocycles. The molecular formula is C28H31N4O4S+. The number of aromatic nitrogens is 3. The third-order valence-corrected chi connectivity index (χ3v) is 8.47. The van der Waals surface area contributed by atoms with Gasteiger partial charge in [0.05, 0.1) is 12.3 Å². The summed E-state index contributed by atoms with van der Waals surface area (Å²) in [5.41, 5.74) is 4.13. The molecule has 4 aromatic rings. The molecule has 192 valence electrons. The van der Waals surface area contributed by atoms with E-state index in [2.05, 4.69) is 15.0 Å². The van der Waals surface area contributed by atoms with Gasteiger partial charge in [-0.3, -0.25) is 4.90 Å². The molecule has 0 bridgehead atoms. The molecule has 1 saturated carbocycles. The maximum absolute atomic E-state index is 12.1. The van der Waals surface area contributed by atoms with Gasteiger partial charge in [-0.25, -0.2) is 9.50 Å². The number of piperidine rings is 1. The van der Waals surface area contributed by atoms with E-state index in [9.17, 15) is 13.9 Å². The maximum Gasteiger partial charge on any atom is 0.244 e. The maximum atomic E-state index is 12.1. The van der Waals surface area contributed by atoms with Crippen LogP contribution in [0.3, 0.4) is 0 Å². The molecule has 2 fully saturated rings. The summed E-state index contributed by atoms with van der Waals surface area (Å²) < 4.78 is 30.2. The van der Waals surface area contributed by atoms with E-state index in [0.717, 1.165) is 73.3 Å². The fourth-order valence-electron chi connectivity index (χ4n) is 5.01. The smallest absolute Gasteiger partial charge is 0.244 e. The summed E-state index contributed by atoms with van der Waals surface area (Å²) in [7, 11) is -3.05. The Balaban J connectivity index is 1.17. The second kappa shape index (κ2) is 9.33. The molecule has 2 aromatic heterocycles. The van der Waals surface area contributed by atoms with E-state index in [-0.39, 0.29) is 11.7 Å². The van der Waals surface area contributed by atoms with Crippen LogP contribution in [-0.2, 0) is 14.4 Å². The Labute approximate surface area is 217 Å². The summed E-state index contributed by atoms with van der Waals surface area (Å²) in [4.78, 5) is 7.45. The molecule has 2 aromatic carbocycles. The van der Waals surface area contributed by atoms with Crippen molar-refractivity contribution in [1.82, 2.24) is 19.5 Å². The molecule has 1 aliphatic heterocycles. The zero-order chi connectivity index (χ0) is 25.6. The van der Waals surface area contributed by atoms with Gasteiger partial charge in [-0.1, -0.05) is 28.5 Å². The Morgan fingerprint density at radius 2 is 1.81 bits per heavy atom. The van der Waals surface area contributed by atoms with Crippen LogP contribution >= 0.6 is 0 Å². The monoisotopic (exact) mass is 519 g/mol. The van der Waals surface area contributed by atoms with Gasteiger partial charge in [0, 0.05) is 49.2 Å². The first-order valence-corrected chi connectivity index (χ1v) is 14.6. The second-order valence-corrected chi connectivity index (χ2v) is 12.4. The molecule has 1 aliphatic carbocycles. The largest absolute Gasteiger partial charge is 0.486 e. The highest BCUT2D eigenvalue weighted by Gasteiger charge is 2.47. The number of hydrogen-bond acceptors (Lipinski definition) is 6. The van der Waals surface area contributed by atoms with Crippen LogP contribution in [0.25, 0.3) is 27.9 Å². The number of benzene rings is 2. The van der Waals surface area contributed by atoms with Crippen LogP contribution in [0, 0.1) is 0 Å². The number of hydrogen-bond donors (Lipinski definition) is 2. The van der Waals surface area contributed by atoms with E-state index < -0.39 is 10.2 Å². The predicted octanol–water partition coefficient (Wildman–Crippen LogP) is 4.39. The summed E-state index contributed by atoms with van der Waals surface area (Å²) in [5, 5.41) is 14.2. The van der Waals surface area contributed by atoms with Crippen molar-refractivity contribution >= 4 is 15.9 Å². The molecule has 0 radical (unpaired) electrons. The van der Waals surface area contributed by atoms with Crippen molar-refractivity contribution in [2.75, 3.05) is 25.9 Å². The van der Waals surface area contributed by atoms with Crippen LogP contribution in [-0.4, -0.2) is 66.8 Å². The van der Waals surface area contributed by atoms with Crippen molar-refractivity contribution in [2.45, 2.75) is 42.3 Å². The molecule has 37 heavy (non-hydrogen) atoms. The third kappa shape index (κ3) is 5.17. The topological polar surface area (TPSA) is 100 Å². The molecule has 0 spiro atoms. The summed E-state index contributed by atoms with van der Waals surface area (Å²) in [6, 6.07) is 15.1. The number of aliphatic hydroxyl groups is 1. The number of rotatable bonds is 7. The van der Waals surface area contributed by atoms with Crippen molar-refractivity contribution in [1.29, 1.82) is 0 Å². The molecule has 3 heterocycles. The lowest BCUT2D eigenvalue weighted by atomic mass is 10.1. The lowest BCUT2D eigenvalue weighted by Gasteiger charge is -2.32. The third-order valence-electron chi connectivity index (χ3n) is 7.34. The first-order chi connectivity index (χ1) is 17.8. The van der Waals surface area contributed by atoms with E-state index >= 15 is 0 Å². The Kier molecular flexibility index (Phi) is 6.11. The first kappa shape index (κ1) is 24.2. The van der Waals surface area contributed by atoms with Crippen molar-refractivity contribution in [3.8, 4) is 28.0 Å². The number of ether oxygens (including phenoxy) is 1. The van der Waals surface area contributed by atoms with Crippen molar-refractivity contribution < 1.29 is 18.6 Å². The van der Waals surface area contributed by atoms with Gasteiger partial charge in [-0.05, 0) is 55.0 Å². The van der Waals surface area contributed by atoms with Crippen LogP contribution in [0.1, 0.15) is 25.7 Å². The minimum Gasteiger partial charge on any atom is -0.486 e. The highest BCUT2D eigenvalue weighted by molar-refractivity contribution is 7.97. The van der Waals surface area contributed by atoms with E-state index in [1.807, 2.05) is 42.7 Å². The molecule has 0 amide bonds. The molecule has 9 heteroatoms. The summed E-state index contributed by atoms with van der Waals surface area (Å²) >= 11 is 0. The summed E-state index contributed by atoms with van der Waals surface area (Å²) in [5.74, 6) is 0.866. The summed E-state index contributed by atoms with van der Waals surface area (Å²) in [6.45, 7) is 2.78. The lowest BCUT2D eigenvalue weighted by molar-refractivity contribution is 0.0505. The van der Waals surface area contributed by atoms with Gasteiger partial charge >= 0.3 is 0 Å². The van der Waals surface area contributed by atoms with Crippen LogP contribution in [0.4, 0.5) is 0 Å². The predicted molar refractivity (Wildman–Crippen MR) is 143 cm³/mol. The zero-order valence-corrected chi connectivity index (χ0v) is 21.6. The molecular weight excluding hydrogens is 488 g/mol. The van der Waals surface area contributed by atoms with Gasteiger partial charge in [0.25, 0.3) is 0 Å². The average Bonchev–Trinajstić information content (AvgIpc) is 3.50. The molecule has 1 unspecified atom stereocenters. The normalized spacial score (nSPS) is 19.5. The lowest BCUT2D eigenvalue weighted by Crippen LogP contribution is -2.43. The van der Waals surface area contributed by atoms with Crippen LogP contribution in [0.15, 0.2) is 72.0 Å². The van der Waals surface area contributed by atoms with Gasteiger partial charge in [0.2, 0.25) is 10.2 Å². The minimum absolute atomic E-state index is 0.103. The highest BCUT2D eigenvalue weighted by Crippen LogP contribution is 2.41. The average molecular weight is 520 g/mol. The van der Waals surface area contributed by atoms with Crippen LogP contribution in [0.5, 0.6) is 5.75 Å². The van der Waals surface area contributed by atoms with Crippen molar-refractivity contribution in [3.05, 3.63) is 67.1 Å². The Morgan fingerprint density at radius 3 is 2.51 bits per heavy atom. The van der Waals surface area contributed by atoms with Crippen LogP contribution in [0.2, 0.25) is 0 Å². The number of aliphatic hydroxyl groups excluding tert-OH is 1. The van der Waals surface area contributed by atoms with Crippen molar-refractivity contribution in [2.24, 2.45) is 0 Å². The Morgan fingerprint density at radius 1 is 1.05 bits per heavy atom. The van der Waals surface area contributed by atoms with Gasteiger partial charge in [0.1, 0.15) is 17.6 Å². The fraction of sp³-hybridized carbons (Fsp3) is 0.357. The molecule has 2 aliphatic rings. The fourth-order valence-corrected chi connectivity index (χ4v) is 5.69. The van der Waals surface area contributed by atoms with E-state index in [4.69, 9.17) is 4.74 Å². The molecule has 2 N–H and O–H groups in total. The Bertz CT molecular complexity index is 1470. The summed E-state index contributed by atoms with van der Waals surface area (Å²) in [6.07, 6.45) is 10.5. The zero-order valence-electron chi connectivity index (χ0n) is 20.8. The van der Waals surface area contributed by atoms with E-state index in [1.54, 1.807) is 28.9 Å².